The summed E-state index contributed by atoms with van der Waals surface area (Å²) in [7, 11) is 0. The normalized spacial score (nSPS) is 18.0. The third-order valence-electron chi connectivity index (χ3n) is 6.65. The lowest BCUT2D eigenvalue weighted by molar-refractivity contribution is 0.00567. The van der Waals surface area contributed by atoms with Gasteiger partial charge in [-0.2, -0.15) is 5.10 Å². The summed E-state index contributed by atoms with van der Waals surface area (Å²) in [4.78, 5) is 34.3. The zero-order valence-electron chi connectivity index (χ0n) is 22.9. The molecule has 0 aliphatic carbocycles. The first kappa shape index (κ1) is 26.3. The summed E-state index contributed by atoms with van der Waals surface area (Å²) in [5.41, 5.74) is 2.23. The van der Waals surface area contributed by atoms with Gasteiger partial charge in [0.2, 0.25) is 0 Å². The number of nitrogens with zero attached hydrogens (tertiary/aromatic N) is 6. The number of rotatable bonds is 3. The Morgan fingerprint density at radius 1 is 1.10 bits per heavy atom. The van der Waals surface area contributed by atoms with Gasteiger partial charge in [0.05, 0.1) is 35.2 Å². The number of imidazole rings is 1. The molecule has 2 atom stereocenters. The highest BCUT2D eigenvalue weighted by molar-refractivity contribution is 6.13. The van der Waals surface area contributed by atoms with Crippen molar-refractivity contribution >= 4 is 39.9 Å². The van der Waals surface area contributed by atoms with Crippen LogP contribution >= 0.6 is 0 Å². The minimum atomic E-state index is -0.575. The lowest BCUT2D eigenvalue weighted by Gasteiger charge is -2.45. The predicted octanol–water partition coefficient (Wildman–Crippen LogP) is 4.81. The van der Waals surface area contributed by atoms with E-state index < -0.39 is 17.3 Å². The van der Waals surface area contributed by atoms with E-state index in [2.05, 4.69) is 25.4 Å². The molecule has 3 aromatic heterocycles. The van der Waals surface area contributed by atoms with Gasteiger partial charge in [-0.25, -0.2) is 14.2 Å². The molecule has 4 heterocycles. The second kappa shape index (κ2) is 9.79. The fourth-order valence-electron chi connectivity index (χ4n) is 5.17. The number of aryl methyl sites for hydroxylation is 1. The Kier molecular flexibility index (Phi) is 6.61. The highest BCUT2D eigenvalue weighted by Crippen LogP contribution is 2.32. The Labute approximate surface area is 225 Å². The molecule has 0 spiro atoms. The van der Waals surface area contributed by atoms with E-state index in [0.29, 0.717) is 35.6 Å². The van der Waals surface area contributed by atoms with Crippen molar-refractivity contribution in [3.8, 4) is 0 Å². The number of hydrogen-bond donors (Lipinski definition) is 1. The van der Waals surface area contributed by atoms with E-state index in [4.69, 9.17) is 4.74 Å². The molecule has 204 valence electrons. The monoisotopic (exact) mass is 533 g/mol. The number of hydrogen-bond acceptors (Lipinski definition) is 7. The van der Waals surface area contributed by atoms with Crippen LogP contribution < -0.4 is 10.2 Å². The van der Waals surface area contributed by atoms with Crippen LogP contribution in [0.1, 0.15) is 50.7 Å². The van der Waals surface area contributed by atoms with Crippen LogP contribution in [0.15, 0.2) is 42.9 Å². The Morgan fingerprint density at radius 2 is 1.82 bits per heavy atom. The van der Waals surface area contributed by atoms with Crippen molar-refractivity contribution in [2.45, 2.75) is 59.2 Å². The molecule has 0 radical (unpaired) electrons. The van der Waals surface area contributed by atoms with E-state index in [1.54, 1.807) is 40.9 Å². The first-order valence-electron chi connectivity index (χ1n) is 12.9. The van der Waals surface area contributed by atoms with Crippen molar-refractivity contribution in [1.29, 1.82) is 0 Å². The summed E-state index contributed by atoms with van der Waals surface area (Å²) < 4.78 is 21.7. The van der Waals surface area contributed by atoms with Crippen LogP contribution in [0.25, 0.3) is 16.6 Å². The van der Waals surface area contributed by atoms with Crippen molar-refractivity contribution in [3.63, 3.8) is 0 Å². The average molecular weight is 534 g/mol. The molecule has 11 heteroatoms. The lowest BCUT2D eigenvalue weighted by Crippen LogP contribution is -2.59. The van der Waals surface area contributed by atoms with Gasteiger partial charge in [-0.3, -0.25) is 9.69 Å². The number of fused-ring (bicyclic) bond motifs is 2. The van der Waals surface area contributed by atoms with E-state index >= 15 is 0 Å². The van der Waals surface area contributed by atoms with Crippen molar-refractivity contribution < 1.29 is 18.7 Å². The summed E-state index contributed by atoms with van der Waals surface area (Å²) in [6.45, 7) is 12.5. The molecule has 39 heavy (non-hydrogen) atoms. The molecular weight excluding hydrogens is 501 g/mol. The van der Waals surface area contributed by atoms with Crippen molar-refractivity contribution in [3.05, 3.63) is 59.9 Å². The number of nitrogens with one attached hydrogen (secondary N) is 1. The zero-order valence-corrected chi connectivity index (χ0v) is 22.9. The number of carbonyl (C=O) groups excluding carboxylic acids is 2. The van der Waals surface area contributed by atoms with Crippen LogP contribution in [0, 0.1) is 12.7 Å². The third kappa shape index (κ3) is 5.21. The van der Waals surface area contributed by atoms with Gasteiger partial charge in [-0.15, -0.1) is 5.10 Å². The lowest BCUT2D eigenvalue weighted by atomic mass is 10.0. The largest absolute Gasteiger partial charge is 0.444 e. The van der Waals surface area contributed by atoms with Crippen LogP contribution in [-0.4, -0.2) is 67.3 Å². The molecule has 5 rings (SSSR count). The molecule has 2 unspecified atom stereocenters. The molecule has 2 amide bonds. The number of halogens is 1. The van der Waals surface area contributed by atoms with Gasteiger partial charge in [0.25, 0.3) is 5.91 Å². The smallest absolute Gasteiger partial charge is 0.410 e. The molecule has 1 N–H and O–H groups in total. The second-order valence-electron chi connectivity index (χ2n) is 11.1. The van der Waals surface area contributed by atoms with E-state index in [-0.39, 0.29) is 23.8 Å². The van der Waals surface area contributed by atoms with E-state index in [1.165, 1.54) is 6.07 Å². The first-order chi connectivity index (χ1) is 18.4. The van der Waals surface area contributed by atoms with Crippen LogP contribution in [0.3, 0.4) is 0 Å². The number of amides is 2. The van der Waals surface area contributed by atoms with Gasteiger partial charge in [-0.1, -0.05) is 0 Å². The topological polar surface area (TPSA) is 105 Å². The first-order valence-corrected chi connectivity index (χ1v) is 12.9. The average Bonchev–Trinajstić information content (AvgIpc) is 3.22. The third-order valence-corrected chi connectivity index (χ3v) is 6.65. The van der Waals surface area contributed by atoms with E-state index in [0.717, 1.165) is 11.1 Å². The van der Waals surface area contributed by atoms with E-state index in [1.807, 2.05) is 46.8 Å². The summed E-state index contributed by atoms with van der Waals surface area (Å²) in [5, 5.41) is 11.8. The van der Waals surface area contributed by atoms with Gasteiger partial charge in [0, 0.05) is 42.6 Å². The molecule has 0 saturated carbocycles. The number of ether oxygens (including phenoxy) is 1. The van der Waals surface area contributed by atoms with E-state index in [9.17, 15) is 14.0 Å². The predicted molar refractivity (Wildman–Crippen MR) is 147 cm³/mol. The SMILES string of the molecule is Cc1cn2cc(NC(=O)c3ccc(N4CC(C)N(C(=O)OC(C)(C)C)C(C)C4)c4ccnnc34)cc(F)c2n1. The van der Waals surface area contributed by atoms with Crippen molar-refractivity contribution in [1.82, 2.24) is 24.5 Å². The maximum Gasteiger partial charge on any atom is 0.410 e. The molecule has 10 nitrogen and oxygen atoms in total. The maximum absolute atomic E-state index is 14.6. The molecule has 1 fully saturated rings. The molecule has 1 saturated heterocycles. The highest BCUT2D eigenvalue weighted by Gasteiger charge is 2.36. The van der Waals surface area contributed by atoms with Gasteiger partial charge >= 0.3 is 6.09 Å². The molecular formula is C28H32FN7O3. The number of carbonyl (C=O) groups is 2. The Bertz CT molecular complexity index is 1570. The van der Waals surface area contributed by atoms with Crippen LogP contribution in [0.4, 0.5) is 20.6 Å². The summed E-state index contributed by atoms with van der Waals surface area (Å²) in [6.07, 6.45) is 4.56. The summed E-state index contributed by atoms with van der Waals surface area (Å²) in [6, 6.07) is 6.44. The van der Waals surface area contributed by atoms with Crippen LogP contribution in [0.5, 0.6) is 0 Å². The number of aromatic nitrogens is 4. The number of piperazine rings is 1. The minimum absolute atomic E-state index is 0.104. The van der Waals surface area contributed by atoms with Gasteiger partial charge in [-0.05, 0) is 59.7 Å². The molecule has 0 bridgehead atoms. The fraction of sp³-hybridized carbons (Fsp3) is 0.393. The number of pyridine rings is 1. The van der Waals surface area contributed by atoms with Gasteiger partial charge in [0.1, 0.15) is 11.1 Å². The maximum atomic E-state index is 14.6. The fourth-order valence-corrected chi connectivity index (χ4v) is 5.17. The minimum Gasteiger partial charge on any atom is -0.444 e. The Balaban J connectivity index is 1.42. The molecule has 1 aliphatic rings. The number of anilines is 2. The van der Waals surface area contributed by atoms with Crippen molar-refractivity contribution in [2.24, 2.45) is 0 Å². The molecule has 4 aromatic rings. The second-order valence-corrected chi connectivity index (χ2v) is 11.1. The summed E-state index contributed by atoms with van der Waals surface area (Å²) in [5.74, 6) is -0.964. The summed E-state index contributed by atoms with van der Waals surface area (Å²) >= 11 is 0. The van der Waals surface area contributed by atoms with Crippen LogP contribution in [0.2, 0.25) is 0 Å². The highest BCUT2D eigenvalue weighted by atomic mass is 19.1. The standard InChI is InChI=1S/C28H32FN7O3/c1-16-12-35-15-19(11-22(29)25(35)31-16)32-26(37)21-7-8-23(20-9-10-30-33-24(20)21)34-13-17(2)36(18(3)14-34)27(38)39-28(4,5)6/h7-12,15,17-18H,13-14H2,1-6H3,(H,32,37). The zero-order chi connectivity index (χ0) is 28.1. The molecule has 1 aliphatic heterocycles. The van der Waals surface area contributed by atoms with Crippen LogP contribution in [-0.2, 0) is 4.74 Å². The van der Waals surface area contributed by atoms with Gasteiger partial charge in [0.15, 0.2) is 11.5 Å². The van der Waals surface area contributed by atoms with Crippen molar-refractivity contribution in [2.75, 3.05) is 23.3 Å². The Morgan fingerprint density at radius 3 is 2.51 bits per heavy atom. The number of benzene rings is 1. The quantitative estimate of drug-likeness (QED) is 0.403. The van der Waals surface area contributed by atoms with Gasteiger partial charge < -0.3 is 19.4 Å². The Hall–Kier alpha value is -4.28. The molecule has 1 aromatic carbocycles.